The lowest BCUT2D eigenvalue weighted by Crippen LogP contribution is -2.61. The first kappa shape index (κ1) is 60.4. The maximum absolute atomic E-state index is 14.9. The molecule has 21 heteroatoms. The van der Waals surface area contributed by atoms with E-state index in [0.29, 0.717) is 53.6 Å². The minimum absolute atomic E-state index is 0.0220. The Kier molecular flexibility index (Phi) is 21.2. The first-order chi connectivity index (χ1) is 39.3. The molecule has 0 spiro atoms. The molecule has 0 radical (unpaired) electrons. The van der Waals surface area contributed by atoms with Crippen molar-refractivity contribution in [3.05, 3.63) is 162 Å². The molecule has 7 atom stereocenters. The van der Waals surface area contributed by atoms with Gasteiger partial charge in [0.05, 0.1) is 6.04 Å². The number of aromatic hydroxyl groups is 3. The number of para-hydroxylation sites is 2. The molecule has 0 unspecified atom stereocenters. The van der Waals surface area contributed by atoms with E-state index in [0.717, 1.165) is 21.8 Å². The number of unbranched alkanes of at least 4 members (excludes halogenated alkanes) is 1. The minimum Gasteiger partial charge on any atom is -0.508 e. The van der Waals surface area contributed by atoms with Gasteiger partial charge in [-0.15, -0.1) is 0 Å². The van der Waals surface area contributed by atoms with Gasteiger partial charge in [0.1, 0.15) is 53.5 Å². The number of rotatable bonds is 29. The van der Waals surface area contributed by atoms with Crippen LogP contribution in [-0.4, -0.2) is 121 Å². The Balaban J connectivity index is 1.16. The molecule has 16 N–H and O–H groups in total. The van der Waals surface area contributed by atoms with Crippen LogP contribution in [0.2, 0.25) is 0 Å². The second kappa shape index (κ2) is 28.8. The summed E-state index contributed by atoms with van der Waals surface area (Å²) in [5.41, 5.74) is 16.2. The van der Waals surface area contributed by atoms with Gasteiger partial charge in [-0.2, -0.15) is 0 Å². The van der Waals surface area contributed by atoms with E-state index in [-0.39, 0.29) is 61.7 Å². The van der Waals surface area contributed by atoms with E-state index < -0.39 is 83.7 Å². The number of phenols is 3. The predicted molar refractivity (Wildman–Crippen MR) is 309 cm³/mol. The highest BCUT2D eigenvalue weighted by atomic mass is 16.4. The van der Waals surface area contributed by atoms with E-state index in [1.54, 1.807) is 48.8 Å². The minimum atomic E-state index is -1.44. The van der Waals surface area contributed by atoms with Gasteiger partial charge in [-0.05, 0) is 108 Å². The van der Waals surface area contributed by atoms with Crippen LogP contribution in [-0.2, 0) is 65.7 Å². The van der Waals surface area contributed by atoms with E-state index in [9.17, 15) is 54.0 Å². The molecule has 82 heavy (non-hydrogen) atoms. The Morgan fingerprint density at radius 3 is 1.18 bits per heavy atom. The fourth-order valence-corrected chi connectivity index (χ4v) is 9.66. The van der Waals surface area contributed by atoms with Crippen LogP contribution in [0.25, 0.3) is 21.8 Å². The predicted octanol–water partition coefficient (Wildman–Crippen LogP) is 3.78. The molecule has 5 aromatic carbocycles. The third kappa shape index (κ3) is 17.2. The molecule has 6 amide bonds. The number of carbonyl (C=O) groups excluding carboxylic acids is 6. The number of aliphatic carboxylic acids is 1. The van der Waals surface area contributed by atoms with Crippen molar-refractivity contribution in [1.29, 1.82) is 0 Å². The van der Waals surface area contributed by atoms with Crippen LogP contribution in [0.1, 0.15) is 67.3 Å². The molecular formula is C61H72N10O11. The second-order valence-corrected chi connectivity index (χ2v) is 21.0. The topological polar surface area (TPSA) is 356 Å². The number of carbonyl (C=O) groups is 7. The van der Waals surface area contributed by atoms with Crippen molar-refractivity contribution in [2.24, 2.45) is 17.4 Å². The molecule has 0 aliphatic heterocycles. The number of amides is 6. The first-order valence-corrected chi connectivity index (χ1v) is 27.3. The van der Waals surface area contributed by atoms with Gasteiger partial charge < -0.3 is 73.8 Å². The van der Waals surface area contributed by atoms with Gasteiger partial charge in [0.2, 0.25) is 35.4 Å². The highest BCUT2D eigenvalue weighted by Gasteiger charge is 2.35. The van der Waals surface area contributed by atoms with E-state index >= 15 is 0 Å². The molecular weight excluding hydrogens is 1050 g/mol. The number of aromatic nitrogens is 2. The summed E-state index contributed by atoms with van der Waals surface area (Å²) in [4.78, 5) is 106. The second-order valence-electron chi connectivity index (χ2n) is 21.0. The molecule has 7 aromatic rings. The highest BCUT2D eigenvalue weighted by Crippen LogP contribution is 2.23. The quantitative estimate of drug-likeness (QED) is 0.0297. The number of phenolic OH excluding ortho intramolecular Hbond substituents is 3. The third-order valence-corrected chi connectivity index (χ3v) is 14.1. The van der Waals surface area contributed by atoms with Crippen LogP contribution < -0.4 is 43.4 Å². The van der Waals surface area contributed by atoms with Gasteiger partial charge >= 0.3 is 5.97 Å². The Hall–Kier alpha value is -9.21. The summed E-state index contributed by atoms with van der Waals surface area (Å²) in [5, 5.41) is 58.8. The van der Waals surface area contributed by atoms with Crippen LogP contribution in [0.5, 0.6) is 17.2 Å². The molecule has 0 saturated heterocycles. The largest absolute Gasteiger partial charge is 0.508 e. The average Bonchev–Trinajstić information content (AvgIpc) is 4.11. The number of benzene rings is 5. The Labute approximate surface area is 474 Å². The molecule has 0 saturated carbocycles. The molecule has 21 nitrogen and oxygen atoms in total. The first-order valence-electron chi connectivity index (χ1n) is 27.3. The number of nitrogens with one attached hydrogen (secondary N) is 8. The lowest BCUT2D eigenvalue weighted by Gasteiger charge is -2.28. The van der Waals surface area contributed by atoms with Crippen molar-refractivity contribution in [2.45, 2.75) is 114 Å². The smallest absolute Gasteiger partial charge is 0.326 e. The van der Waals surface area contributed by atoms with Gasteiger partial charge in [0.25, 0.3) is 0 Å². The lowest BCUT2D eigenvalue weighted by atomic mass is 9.98. The molecule has 7 rings (SSSR count). The van der Waals surface area contributed by atoms with Crippen molar-refractivity contribution in [1.82, 2.24) is 41.9 Å². The zero-order valence-electron chi connectivity index (χ0n) is 45.7. The Morgan fingerprint density at radius 2 is 0.793 bits per heavy atom. The van der Waals surface area contributed by atoms with Gasteiger partial charge in [-0.25, -0.2) is 4.79 Å². The fraction of sp³-hybridized carbons (Fsp3) is 0.328. The van der Waals surface area contributed by atoms with Crippen LogP contribution >= 0.6 is 0 Å². The Morgan fingerprint density at radius 1 is 0.451 bits per heavy atom. The number of fused-ring (bicyclic) bond motifs is 2. The maximum atomic E-state index is 14.9. The average molecular weight is 1120 g/mol. The summed E-state index contributed by atoms with van der Waals surface area (Å²) < 4.78 is 0. The normalized spacial score (nSPS) is 13.9. The van der Waals surface area contributed by atoms with Gasteiger partial charge in [-0.1, -0.05) is 93.1 Å². The highest BCUT2D eigenvalue weighted by molar-refractivity contribution is 5.98. The standard InChI is InChI=1S/C61H72N10O11/c1-35(2)27-49(67-58(78)51(29-37-16-22-42(73)23-17-37)69-57(77)50(28-36-14-20-41(72)21-15-36)66-55(75)46(63)11-7-8-26-62)56(76)68-52(30-38-18-24-43(74)25-19-38)59(79)70-53(31-39-33-64-47-12-5-3-9-44(39)47)60(80)71-54(61(81)82)32-40-34-65-48-13-6-4-10-45(40)48/h3-6,9-10,12-25,33-35,46,49-54,64-65,72-74H,7-8,11,26-32,62-63H2,1-2H3,(H,66,75)(H,67,78)(H,68,76)(H,69,77)(H,70,79)(H,71,80)(H,81,82)/t46-,49-,50-,51-,52-,53-,54-/m0/s1. The maximum Gasteiger partial charge on any atom is 0.326 e. The van der Waals surface area contributed by atoms with Crippen molar-refractivity contribution >= 4 is 63.2 Å². The number of H-pyrrole nitrogens is 2. The summed E-state index contributed by atoms with van der Waals surface area (Å²) >= 11 is 0. The zero-order chi connectivity index (χ0) is 58.9. The number of nitrogens with two attached hydrogens (primary N) is 2. The van der Waals surface area contributed by atoms with E-state index in [2.05, 4.69) is 41.9 Å². The molecule has 0 aliphatic rings. The number of aromatic amines is 2. The van der Waals surface area contributed by atoms with Gasteiger partial charge in [0, 0.05) is 66.3 Å². The van der Waals surface area contributed by atoms with Crippen LogP contribution in [0.4, 0.5) is 0 Å². The lowest BCUT2D eigenvalue weighted by molar-refractivity contribution is -0.142. The van der Waals surface area contributed by atoms with Crippen LogP contribution in [0.15, 0.2) is 134 Å². The molecule has 0 bridgehead atoms. The number of hydrogen-bond acceptors (Lipinski definition) is 12. The van der Waals surface area contributed by atoms with E-state index in [4.69, 9.17) is 11.5 Å². The molecule has 432 valence electrons. The molecule has 2 aromatic heterocycles. The fourth-order valence-electron chi connectivity index (χ4n) is 9.66. The molecule has 0 fully saturated rings. The summed E-state index contributed by atoms with van der Waals surface area (Å²) in [5.74, 6) is -6.35. The summed E-state index contributed by atoms with van der Waals surface area (Å²) in [6, 6.07) is 23.2. The summed E-state index contributed by atoms with van der Waals surface area (Å²) in [6.45, 7) is 4.04. The van der Waals surface area contributed by atoms with Crippen molar-refractivity contribution in [3.63, 3.8) is 0 Å². The van der Waals surface area contributed by atoms with Crippen LogP contribution in [0, 0.1) is 5.92 Å². The van der Waals surface area contributed by atoms with Gasteiger partial charge in [0.15, 0.2) is 0 Å². The number of hydrogen-bond donors (Lipinski definition) is 14. The molecule has 2 heterocycles. The van der Waals surface area contributed by atoms with Crippen molar-refractivity contribution in [2.75, 3.05) is 6.54 Å². The number of carboxylic acids is 1. The molecule has 0 aliphatic carbocycles. The van der Waals surface area contributed by atoms with Crippen molar-refractivity contribution in [3.8, 4) is 17.2 Å². The van der Waals surface area contributed by atoms with Crippen LogP contribution in [0.3, 0.4) is 0 Å². The summed E-state index contributed by atoms with van der Waals surface area (Å²) in [6.07, 6.45) is 4.29. The van der Waals surface area contributed by atoms with Gasteiger partial charge in [-0.3, -0.25) is 28.8 Å². The van der Waals surface area contributed by atoms with E-state index in [1.807, 2.05) is 62.4 Å². The third-order valence-electron chi connectivity index (χ3n) is 14.1. The summed E-state index contributed by atoms with van der Waals surface area (Å²) in [7, 11) is 0. The zero-order valence-corrected chi connectivity index (χ0v) is 45.7. The van der Waals surface area contributed by atoms with Crippen molar-refractivity contribution < 1.29 is 54.0 Å². The Bertz CT molecular complexity index is 3310. The SMILES string of the molecule is CC(C)C[C@H](NC(=O)[C@H](Cc1ccc(O)cc1)NC(=O)[C@H](Cc1ccc(O)cc1)NC(=O)[C@@H](N)CCCCN)C(=O)N[C@@H](Cc1ccc(O)cc1)C(=O)N[C@@H](Cc1c[nH]c2ccccc12)C(=O)N[C@@H](Cc1c[nH]c2ccccc12)C(=O)O. The number of carboxylic acid groups (broad SMARTS) is 1. The van der Waals surface area contributed by atoms with E-state index in [1.165, 1.54) is 36.4 Å². The monoisotopic (exact) mass is 1120 g/mol.